The number of carbonyl (C=O) groups excluding carboxylic acids is 1. The van der Waals surface area contributed by atoms with Crippen molar-refractivity contribution in [1.82, 2.24) is 0 Å². The summed E-state index contributed by atoms with van der Waals surface area (Å²) in [5.41, 5.74) is -0.266. The van der Waals surface area contributed by atoms with Crippen molar-refractivity contribution in [2.24, 2.45) is 11.3 Å². The van der Waals surface area contributed by atoms with E-state index in [1.165, 1.54) is 0 Å². The molecule has 0 aliphatic heterocycles. The Morgan fingerprint density at radius 2 is 1.75 bits per heavy atom. The maximum Gasteiger partial charge on any atom is 0.141 e. The molecule has 1 nitrogen and oxygen atoms in total. The molecule has 0 radical (unpaired) electrons. The first-order chi connectivity index (χ1) is 5.27. The number of Topliss-reactive ketones (excluding diaryl/α,β-unsaturated/α-hetero) is 1. The molecule has 0 aromatic heterocycles. The summed E-state index contributed by atoms with van der Waals surface area (Å²) in [4.78, 5) is 11.6. The van der Waals surface area contributed by atoms with Gasteiger partial charge in [-0.2, -0.15) is 0 Å². The van der Waals surface area contributed by atoms with Crippen molar-refractivity contribution in [3.8, 4) is 0 Å². The highest BCUT2D eigenvalue weighted by Crippen LogP contribution is 2.55. The fourth-order valence-electron chi connectivity index (χ4n) is 1.96. The first kappa shape index (κ1) is 10.3. The average Bonchev–Trinajstić information content (AvgIpc) is 1.81. The van der Waals surface area contributed by atoms with Crippen molar-refractivity contribution >= 4 is 29.0 Å². The predicted octanol–water partition coefficient (Wildman–Crippen LogP) is 3.19. The van der Waals surface area contributed by atoms with Crippen LogP contribution in [0, 0.1) is 11.3 Å². The third-order valence-electron chi connectivity index (χ3n) is 2.42. The molecule has 12 heavy (non-hydrogen) atoms. The summed E-state index contributed by atoms with van der Waals surface area (Å²) < 4.78 is -0.653. The largest absolute Gasteiger partial charge is 0.299 e. The summed E-state index contributed by atoms with van der Waals surface area (Å²) in [6.45, 7) is 5.77. The van der Waals surface area contributed by atoms with Gasteiger partial charge in [-0.25, -0.2) is 0 Å². The lowest BCUT2D eigenvalue weighted by atomic mass is 9.64. The predicted molar refractivity (Wildman–Crippen MR) is 51.6 cm³/mol. The molecule has 70 valence electrons. The first-order valence-electron chi connectivity index (χ1n) is 4.19. The molecule has 1 rings (SSSR count). The summed E-state index contributed by atoms with van der Waals surface area (Å²) in [6.07, 6.45) is 1.19. The lowest BCUT2D eigenvalue weighted by Crippen LogP contribution is -2.49. The molecule has 0 spiro atoms. The second kappa shape index (κ2) is 2.88. The first-order valence-corrected chi connectivity index (χ1v) is 4.95. The Bertz CT molecular complexity index is 201. The van der Waals surface area contributed by atoms with Crippen molar-refractivity contribution in [2.75, 3.05) is 0 Å². The highest BCUT2D eigenvalue weighted by Gasteiger charge is 2.54. The van der Waals surface area contributed by atoms with E-state index in [2.05, 4.69) is 0 Å². The summed E-state index contributed by atoms with van der Waals surface area (Å²) in [5.74, 6) is 0.360. The van der Waals surface area contributed by atoms with Crippen molar-refractivity contribution in [3.05, 3.63) is 0 Å². The van der Waals surface area contributed by atoms with Crippen molar-refractivity contribution in [2.45, 2.75) is 37.9 Å². The van der Waals surface area contributed by atoms with Crippen LogP contribution < -0.4 is 0 Å². The standard InChI is InChI=1S/C9H14Cl2O/c1-6(2)7(12)8(3)4-9(10,11)5-8/h6H,4-5H2,1-3H3. The van der Waals surface area contributed by atoms with Gasteiger partial charge in [0.25, 0.3) is 0 Å². The minimum atomic E-state index is -0.653. The van der Waals surface area contributed by atoms with E-state index >= 15 is 0 Å². The number of hydrogen-bond donors (Lipinski definition) is 0. The molecule has 0 saturated heterocycles. The zero-order valence-electron chi connectivity index (χ0n) is 7.66. The fourth-order valence-corrected chi connectivity index (χ4v) is 3.14. The van der Waals surface area contributed by atoms with Gasteiger partial charge in [0.2, 0.25) is 0 Å². The van der Waals surface area contributed by atoms with Gasteiger partial charge in [0.15, 0.2) is 0 Å². The molecule has 1 aliphatic carbocycles. The summed E-state index contributed by atoms with van der Waals surface area (Å²) in [7, 11) is 0. The van der Waals surface area contributed by atoms with Gasteiger partial charge in [-0.05, 0) is 12.8 Å². The van der Waals surface area contributed by atoms with E-state index in [4.69, 9.17) is 23.2 Å². The number of carbonyl (C=O) groups is 1. The van der Waals surface area contributed by atoms with Crippen LogP contribution in [0.4, 0.5) is 0 Å². The SMILES string of the molecule is CC(C)C(=O)C1(C)CC(Cl)(Cl)C1. The highest BCUT2D eigenvalue weighted by atomic mass is 35.5. The van der Waals surface area contributed by atoms with Gasteiger partial charge in [0.1, 0.15) is 10.1 Å². The minimum absolute atomic E-state index is 0.0828. The van der Waals surface area contributed by atoms with E-state index in [9.17, 15) is 4.79 Å². The normalized spacial score (nSPS) is 25.2. The third-order valence-corrected chi connectivity index (χ3v) is 2.95. The number of alkyl halides is 2. The lowest BCUT2D eigenvalue weighted by molar-refractivity contribution is -0.135. The Kier molecular flexibility index (Phi) is 2.48. The van der Waals surface area contributed by atoms with Crippen molar-refractivity contribution < 1.29 is 4.79 Å². The van der Waals surface area contributed by atoms with Gasteiger partial charge >= 0.3 is 0 Å². The molecule has 0 aromatic rings. The molecule has 0 atom stereocenters. The van der Waals surface area contributed by atoms with Gasteiger partial charge in [-0.1, -0.05) is 20.8 Å². The van der Waals surface area contributed by atoms with E-state index < -0.39 is 4.33 Å². The Balaban J connectivity index is 2.61. The number of halogens is 2. The Labute approximate surface area is 83.4 Å². The van der Waals surface area contributed by atoms with Gasteiger partial charge < -0.3 is 0 Å². The van der Waals surface area contributed by atoms with E-state index in [0.29, 0.717) is 12.8 Å². The second-order valence-electron chi connectivity index (χ2n) is 4.29. The topological polar surface area (TPSA) is 17.1 Å². The second-order valence-corrected chi connectivity index (χ2v) is 5.93. The van der Waals surface area contributed by atoms with E-state index in [1.807, 2.05) is 20.8 Å². The molecule has 0 aromatic carbocycles. The smallest absolute Gasteiger partial charge is 0.141 e. The van der Waals surface area contributed by atoms with Crippen LogP contribution in [0.3, 0.4) is 0 Å². The minimum Gasteiger partial charge on any atom is -0.299 e. The number of ketones is 1. The van der Waals surface area contributed by atoms with Crippen LogP contribution in [0.25, 0.3) is 0 Å². The van der Waals surface area contributed by atoms with Crippen LogP contribution in [-0.2, 0) is 4.79 Å². The zero-order valence-corrected chi connectivity index (χ0v) is 9.17. The fraction of sp³-hybridized carbons (Fsp3) is 0.889. The maximum absolute atomic E-state index is 11.6. The molecule has 0 unspecified atom stereocenters. The maximum atomic E-state index is 11.6. The van der Waals surface area contributed by atoms with Gasteiger partial charge in [0.05, 0.1) is 0 Å². The van der Waals surface area contributed by atoms with Crippen LogP contribution in [0.1, 0.15) is 33.6 Å². The van der Waals surface area contributed by atoms with Crippen LogP contribution in [-0.4, -0.2) is 10.1 Å². The summed E-state index contributed by atoms with van der Waals surface area (Å²) >= 11 is 11.7. The van der Waals surface area contributed by atoms with Gasteiger partial charge in [-0.15, -0.1) is 23.2 Å². The highest BCUT2D eigenvalue weighted by molar-refractivity contribution is 6.49. The lowest BCUT2D eigenvalue weighted by Gasteiger charge is -2.47. The molecular weight excluding hydrogens is 195 g/mol. The van der Waals surface area contributed by atoms with Crippen LogP contribution in [0.5, 0.6) is 0 Å². The molecule has 1 saturated carbocycles. The molecule has 1 aliphatic rings. The van der Waals surface area contributed by atoms with Crippen LogP contribution >= 0.6 is 23.2 Å². The molecule has 0 amide bonds. The van der Waals surface area contributed by atoms with Crippen LogP contribution in [0.15, 0.2) is 0 Å². The molecule has 0 N–H and O–H groups in total. The summed E-state index contributed by atoms with van der Waals surface area (Å²) in [5, 5.41) is 0. The van der Waals surface area contributed by atoms with Crippen LogP contribution in [0.2, 0.25) is 0 Å². The third kappa shape index (κ3) is 1.77. The summed E-state index contributed by atoms with van der Waals surface area (Å²) in [6, 6.07) is 0. The van der Waals surface area contributed by atoms with E-state index in [1.54, 1.807) is 0 Å². The number of hydrogen-bond acceptors (Lipinski definition) is 1. The van der Waals surface area contributed by atoms with E-state index in [0.717, 1.165) is 0 Å². The average molecular weight is 209 g/mol. The molecule has 0 heterocycles. The quantitative estimate of drug-likeness (QED) is 0.638. The van der Waals surface area contributed by atoms with Gasteiger partial charge in [-0.3, -0.25) is 4.79 Å². The van der Waals surface area contributed by atoms with Gasteiger partial charge in [0, 0.05) is 11.3 Å². The monoisotopic (exact) mass is 208 g/mol. The molecular formula is C9H14Cl2O. The molecule has 3 heteroatoms. The van der Waals surface area contributed by atoms with Crippen molar-refractivity contribution in [1.29, 1.82) is 0 Å². The Hall–Kier alpha value is 0.250. The Morgan fingerprint density at radius 3 is 2.00 bits per heavy atom. The van der Waals surface area contributed by atoms with E-state index in [-0.39, 0.29) is 17.1 Å². The Morgan fingerprint density at radius 1 is 1.33 bits per heavy atom. The number of rotatable bonds is 2. The van der Waals surface area contributed by atoms with Crippen molar-refractivity contribution in [3.63, 3.8) is 0 Å². The zero-order chi connectivity index (χ0) is 9.57. The molecule has 0 bridgehead atoms. The molecule has 1 fully saturated rings.